The van der Waals surface area contributed by atoms with E-state index in [1.807, 2.05) is 6.92 Å². The lowest BCUT2D eigenvalue weighted by atomic mass is 9.45. The van der Waals surface area contributed by atoms with Crippen molar-refractivity contribution in [2.24, 2.45) is 34.5 Å². The van der Waals surface area contributed by atoms with E-state index in [-0.39, 0.29) is 23.2 Å². The lowest BCUT2D eigenvalue weighted by molar-refractivity contribution is -0.215. The molecule has 0 radical (unpaired) electrons. The molecule has 0 unspecified atom stereocenters. The Hall–Kier alpha value is -1.48. The molecular weight excluding hydrogens is 454 g/mol. The third-order valence-corrected chi connectivity index (χ3v) is 9.52. The van der Waals surface area contributed by atoms with Gasteiger partial charge in [-0.3, -0.25) is 0 Å². The van der Waals surface area contributed by atoms with Crippen LogP contribution in [0.2, 0.25) is 0 Å². The van der Waals surface area contributed by atoms with Gasteiger partial charge in [-0.2, -0.15) is 26.3 Å². The van der Waals surface area contributed by atoms with Crippen molar-refractivity contribution in [2.75, 3.05) is 0 Å². The van der Waals surface area contributed by atoms with E-state index in [0.29, 0.717) is 44.4 Å². The predicted octanol–water partition coefficient (Wildman–Crippen LogP) is 5.98. The molecule has 0 heterocycles. The molecule has 0 bridgehead atoms. The Bertz CT molecular complexity index is 795. The molecule has 4 fully saturated rings. The van der Waals surface area contributed by atoms with Gasteiger partial charge < -0.3 is 9.47 Å². The minimum atomic E-state index is -5.01. The van der Waals surface area contributed by atoms with Gasteiger partial charge in [-0.15, -0.1) is 0 Å². The number of hydrogen-bond acceptors (Lipinski definition) is 4. The maximum absolute atomic E-state index is 12.8. The minimum Gasteiger partial charge on any atom is -0.456 e. The first-order chi connectivity index (χ1) is 15.2. The van der Waals surface area contributed by atoms with Gasteiger partial charge in [0.1, 0.15) is 12.2 Å². The summed E-state index contributed by atoms with van der Waals surface area (Å²) in [4.78, 5) is 22.8. The van der Waals surface area contributed by atoms with Crippen LogP contribution in [-0.2, 0) is 19.1 Å². The number of carbonyl (C=O) groups is 2. The third kappa shape index (κ3) is 4.24. The van der Waals surface area contributed by atoms with E-state index in [4.69, 9.17) is 9.47 Å². The monoisotopic (exact) mass is 484 g/mol. The molecule has 33 heavy (non-hydrogen) atoms. The van der Waals surface area contributed by atoms with E-state index in [9.17, 15) is 35.9 Å². The number of hydrogen-bond donors (Lipinski definition) is 0. The zero-order valence-electron chi connectivity index (χ0n) is 18.7. The molecule has 0 aromatic heterocycles. The minimum absolute atomic E-state index is 0.105. The average Bonchev–Trinajstić information content (AvgIpc) is 3.03. The average molecular weight is 484 g/mol. The fourth-order valence-electron chi connectivity index (χ4n) is 7.89. The summed E-state index contributed by atoms with van der Waals surface area (Å²) >= 11 is 0. The highest BCUT2D eigenvalue weighted by molar-refractivity contribution is 5.76. The van der Waals surface area contributed by atoms with Crippen molar-refractivity contribution in [1.29, 1.82) is 0 Å². The number of fused-ring (bicyclic) bond motifs is 5. The van der Waals surface area contributed by atoms with Crippen LogP contribution in [-0.4, -0.2) is 36.5 Å². The van der Waals surface area contributed by atoms with Gasteiger partial charge in [0.05, 0.1) is 0 Å². The molecule has 188 valence electrons. The Morgan fingerprint density at radius 1 is 0.727 bits per heavy atom. The van der Waals surface area contributed by atoms with Crippen LogP contribution in [0.4, 0.5) is 26.3 Å². The first-order valence-electron chi connectivity index (χ1n) is 11.7. The van der Waals surface area contributed by atoms with Crippen LogP contribution < -0.4 is 0 Å². The van der Waals surface area contributed by atoms with E-state index < -0.39 is 41.9 Å². The zero-order valence-corrected chi connectivity index (χ0v) is 18.7. The number of halogens is 6. The summed E-state index contributed by atoms with van der Waals surface area (Å²) in [6.07, 6.45) is -5.84. The van der Waals surface area contributed by atoms with Crippen molar-refractivity contribution in [2.45, 2.75) is 96.2 Å². The van der Waals surface area contributed by atoms with Crippen LogP contribution >= 0.6 is 0 Å². The van der Waals surface area contributed by atoms with E-state index in [2.05, 4.69) is 6.92 Å². The molecular formula is C23H30F6O4. The Morgan fingerprint density at radius 3 is 1.94 bits per heavy atom. The molecule has 8 atom stereocenters. The summed E-state index contributed by atoms with van der Waals surface area (Å²) in [6.45, 7) is 4.12. The SMILES string of the molecule is C[C@]12CC[C@H](OC(=O)C(F)(F)F)C[C@@H]1CC[C@@H]1[C@@H]2CC[C@]2(C)[C@@H](OC(=O)C(F)(F)F)CC[C@@H]12. The number of alkyl halides is 6. The van der Waals surface area contributed by atoms with Crippen LogP contribution in [0.1, 0.15) is 71.6 Å². The van der Waals surface area contributed by atoms with E-state index in [1.54, 1.807) is 0 Å². The fraction of sp³-hybridized carbons (Fsp3) is 0.913. The highest BCUT2D eigenvalue weighted by atomic mass is 19.4. The molecule has 4 nitrogen and oxygen atoms in total. The van der Waals surface area contributed by atoms with Gasteiger partial charge >= 0.3 is 24.3 Å². The van der Waals surface area contributed by atoms with Gasteiger partial charge in [-0.25, -0.2) is 9.59 Å². The third-order valence-electron chi connectivity index (χ3n) is 9.52. The highest BCUT2D eigenvalue weighted by Gasteiger charge is 2.62. The summed E-state index contributed by atoms with van der Waals surface area (Å²) < 4.78 is 85.8. The molecule has 0 saturated heterocycles. The largest absolute Gasteiger partial charge is 0.490 e. The molecule has 4 saturated carbocycles. The zero-order chi connectivity index (χ0) is 24.4. The molecule has 0 amide bonds. The quantitative estimate of drug-likeness (QED) is 0.358. The summed E-state index contributed by atoms with van der Waals surface area (Å²) in [5.41, 5.74) is -0.600. The van der Waals surface area contributed by atoms with Crippen molar-refractivity contribution < 1.29 is 45.4 Å². The first-order valence-corrected chi connectivity index (χ1v) is 11.7. The van der Waals surface area contributed by atoms with Crippen LogP contribution in [0, 0.1) is 34.5 Å². The Kier molecular flexibility index (Phi) is 6.00. The van der Waals surface area contributed by atoms with Crippen molar-refractivity contribution in [3.05, 3.63) is 0 Å². The van der Waals surface area contributed by atoms with Gasteiger partial charge in [-0.1, -0.05) is 13.8 Å². The molecule has 0 aromatic rings. The molecule has 0 spiro atoms. The maximum atomic E-state index is 12.8. The molecule has 0 N–H and O–H groups in total. The van der Waals surface area contributed by atoms with Crippen LogP contribution in [0.25, 0.3) is 0 Å². The molecule has 0 aliphatic heterocycles. The second-order valence-corrected chi connectivity index (χ2v) is 11.0. The Balaban J connectivity index is 1.45. The van der Waals surface area contributed by atoms with Crippen molar-refractivity contribution in [3.8, 4) is 0 Å². The number of rotatable bonds is 2. The Morgan fingerprint density at radius 2 is 1.30 bits per heavy atom. The van der Waals surface area contributed by atoms with Crippen molar-refractivity contribution >= 4 is 11.9 Å². The second kappa shape index (κ2) is 8.04. The predicted molar refractivity (Wildman–Crippen MR) is 104 cm³/mol. The van der Waals surface area contributed by atoms with E-state index >= 15 is 0 Å². The van der Waals surface area contributed by atoms with Gasteiger partial charge in [0.15, 0.2) is 0 Å². The lowest BCUT2D eigenvalue weighted by Gasteiger charge is -2.60. The second-order valence-electron chi connectivity index (χ2n) is 11.0. The van der Waals surface area contributed by atoms with Crippen molar-refractivity contribution in [1.82, 2.24) is 0 Å². The molecule has 4 rings (SSSR count). The highest BCUT2D eigenvalue weighted by Crippen LogP contribution is 2.66. The number of esters is 2. The van der Waals surface area contributed by atoms with Gasteiger partial charge in [0.25, 0.3) is 0 Å². The smallest absolute Gasteiger partial charge is 0.456 e. The van der Waals surface area contributed by atoms with E-state index in [1.165, 1.54) is 0 Å². The molecule has 4 aliphatic rings. The fourth-order valence-corrected chi connectivity index (χ4v) is 7.89. The van der Waals surface area contributed by atoms with Gasteiger partial charge in [-0.05, 0) is 86.9 Å². The van der Waals surface area contributed by atoms with Crippen LogP contribution in [0.5, 0.6) is 0 Å². The lowest BCUT2D eigenvalue weighted by Crippen LogP contribution is -2.55. The summed E-state index contributed by atoms with van der Waals surface area (Å²) in [5, 5.41) is 0. The van der Waals surface area contributed by atoms with Crippen LogP contribution in [0.15, 0.2) is 0 Å². The van der Waals surface area contributed by atoms with Crippen LogP contribution in [0.3, 0.4) is 0 Å². The topological polar surface area (TPSA) is 52.6 Å². The van der Waals surface area contributed by atoms with Crippen molar-refractivity contribution in [3.63, 3.8) is 0 Å². The van der Waals surface area contributed by atoms with Gasteiger partial charge in [0.2, 0.25) is 0 Å². The molecule has 0 aromatic carbocycles. The molecule has 4 aliphatic carbocycles. The normalized spacial score (nSPS) is 43.2. The first kappa shape index (κ1) is 24.6. The Labute approximate surface area is 188 Å². The maximum Gasteiger partial charge on any atom is 0.490 e. The number of carbonyl (C=O) groups excluding carboxylic acids is 2. The van der Waals surface area contributed by atoms with E-state index in [0.717, 1.165) is 19.3 Å². The summed E-state index contributed by atoms with van der Waals surface area (Å²) in [5.74, 6) is -3.37. The number of ether oxygens (including phenoxy) is 2. The standard InChI is InChI=1S/C23H30F6O4/c1-20-9-7-13(32-18(30)22(24,25)26)11-12(20)3-4-14-15-5-6-17(33-19(31)23(27,28)29)21(15,2)10-8-16(14)20/h12-17H,3-11H2,1-2H3/t12-,13-,14-,15-,16-,17-,20-,21-/m0/s1. The van der Waals surface area contributed by atoms with Gasteiger partial charge in [0, 0.05) is 5.41 Å². The molecule has 10 heteroatoms. The summed E-state index contributed by atoms with van der Waals surface area (Å²) in [6, 6.07) is 0. The summed E-state index contributed by atoms with van der Waals surface area (Å²) in [7, 11) is 0.